The number of ether oxygens (including phenoxy) is 1. The Balaban J connectivity index is 1.42. The summed E-state index contributed by atoms with van der Waals surface area (Å²) in [5.41, 5.74) is 1.07. The first-order chi connectivity index (χ1) is 11.3. The summed E-state index contributed by atoms with van der Waals surface area (Å²) in [5, 5.41) is 9.43. The summed E-state index contributed by atoms with van der Waals surface area (Å²) in [6.07, 6.45) is 4.06. The lowest BCUT2D eigenvalue weighted by atomic mass is 10.3. The maximum atomic E-state index is 12.5. The summed E-state index contributed by atoms with van der Waals surface area (Å²) in [6.45, 7) is 1.19. The van der Waals surface area contributed by atoms with Crippen LogP contribution >= 0.6 is 11.3 Å². The van der Waals surface area contributed by atoms with E-state index in [1.54, 1.807) is 29.5 Å². The van der Waals surface area contributed by atoms with Crippen molar-refractivity contribution in [1.82, 2.24) is 20.1 Å². The van der Waals surface area contributed by atoms with E-state index in [0.29, 0.717) is 35.4 Å². The van der Waals surface area contributed by atoms with Gasteiger partial charge in [0.15, 0.2) is 11.5 Å². The molecule has 0 saturated carbocycles. The molecule has 3 aromatic rings. The zero-order valence-electron chi connectivity index (χ0n) is 12.1. The third-order valence-electron chi connectivity index (χ3n) is 3.69. The first kappa shape index (κ1) is 14.0. The van der Waals surface area contributed by atoms with Gasteiger partial charge in [-0.2, -0.15) is 5.10 Å². The van der Waals surface area contributed by atoms with Gasteiger partial charge >= 0.3 is 0 Å². The number of nitrogens with one attached hydrogen (secondary N) is 1. The molecule has 3 aromatic heterocycles. The third kappa shape index (κ3) is 2.85. The monoisotopic (exact) mass is 330 g/mol. The number of hydrogen-bond acceptors (Lipinski definition) is 6. The van der Waals surface area contributed by atoms with E-state index in [0.717, 1.165) is 6.42 Å². The van der Waals surface area contributed by atoms with Crippen molar-refractivity contribution < 1.29 is 13.9 Å². The minimum absolute atomic E-state index is 0.0198. The van der Waals surface area contributed by atoms with Crippen LogP contribution in [0.4, 0.5) is 0 Å². The minimum Gasteiger partial charge on any atom is -0.465 e. The molecule has 1 unspecified atom stereocenters. The second-order valence-electron chi connectivity index (χ2n) is 5.22. The second kappa shape index (κ2) is 5.88. The van der Waals surface area contributed by atoms with Gasteiger partial charge in [-0.1, -0.05) is 11.3 Å². The number of rotatable bonds is 4. The summed E-state index contributed by atoms with van der Waals surface area (Å²) in [4.78, 5) is 18.4. The Bertz CT molecular complexity index is 782. The maximum Gasteiger partial charge on any atom is 0.274 e. The van der Waals surface area contributed by atoms with Crippen molar-refractivity contribution in [2.24, 2.45) is 0 Å². The van der Waals surface area contributed by atoms with Gasteiger partial charge in [-0.25, -0.2) is 4.98 Å². The number of carbonyl (C=O) groups excluding carboxylic acids is 1. The molecule has 1 atom stereocenters. The fourth-order valence-corrected chi connectivity index (χ4v) is 3.12. The fraction of sp³-hybridized carbons (Fsp3) is 0.267. The van der Waals surface area contributed by atoms with E-state index >= 15 is 0 Å². The number of nitrogens with zero attached hydrogens (tertiary/aromatic N) is 3. The van der Waals surface area contributed by atoms with Crippen molar-refractivity contribution >= 4 is 17.2 Å². The number of carbonyl (C=O) groups is 1. The molecule has 0 radical (unpaired) electrons. The standard InChI is InChI=1S/C15H14N4O3S/c20-14(12-8-11(17-18-12)13-2-1-6-21-13)19-5-3-10(9-19)22-15-16-4-7-23-15/h1-2,4,6-8,10H,3,5,9H2,(H,17,18). The molecule has 1 fully saturated rings. The van der Waals surface area contributed by atoms with Crippen LogP contribution in [-0.4, -0.2) is 45.2 Å². The molecule has 118 valence electrons. The molecule has 1 aliphatic rings. The molecule has 7 nitrogen and oxygen atoms in total. The van der Waals surface area contributed by atoms with Gasteiger partial charge in [0, 0.05) is 30.6 Å². The fourth-order valence-electron chi connectivity index (χ4n) is 2.57. The van der Waals surface area contributed by atoms with Gasteiger partial charge in [0.2, 0.25) is 0 Å². The molecular formula is C15H14N4O3S. The topological polar surface area (TPSA) is 84.2 Å². The average molecular weight is 330 g/mol. The van der Waals surface area contributed by atoms with Crippen LogP contribution in [0.25, 0.3) is 11.5 Å². The van der Waals surface area contributed by atoms with Crippen LogP contribution in [-0.2, 0) is 0 Å². The first-order valence-corrected chi connectivity index (χ1v) is 8.12. The van der Waals surface area contributed by atoms with Gasteiger partial charge in [0.1, 0.15) is 11.8 Å². The van der Waals surface area contributed by atoms with E-state index in [2.05, 4.69) is 15.2 Å². The van der Waals surface area contributed by atoms with E-state index in [1.165, 1.54) is 11.3 Å². The Morgan fingerprint density at radius 3 is 3.26 bits per heavy atom. The highest BCUT2D eigenvalue weighted by atomic mass is 32.1. The van der Waals surface area contributed by atoms with E-state index in [9.17, 15) is 4.79 Å². The molecule has 1 N–H and O–H groups in total. The predicted molar refractivity (Wildman–Crippen MR) is 83.3 cm³/mol. The molecule has 0 bridgehead atoms. The molecule has 1 saturated heterocycles. The molecule has 4 heterocycles. The maximum absolute atomic E-state index is 12.5. The van der Waals surface area contributed by atoms with Gasteiger partial charge in [-0.3, -0.25) is 9.89 Å². The van der Waals surface area contributed by atoms with Gasteiger partial charge in [-0.05, 0) is 12.1 Å². The number of thiazole rings is 1. The van der Waals surface area contributed by atoms with Gasteiger partial charge < -0.3 is 14.1 Å². The number of amides is 1. The third-order valence-corrected chi connectivity index (χ3v) is 4.35. The Kier molecular flexibility index (Phi) is 3.58. The Hall–Kier alpha value is -2.61. The van der Waals surface area contributed by atoms with Crippen LogP contribution in [0.15, 0.2) is 40.5 Å². The highest BCUT2D eigenvalue weighted by Crippen LogP contribution is 2.23. The van der Waals surface area contributed by atoms with Crippen molar-refractivity contribution in [2.75, 3.05) is 13.1 Å². The molecule has 0 aliphatic carbocycles. The Morgan fingerprint density at radius 2 is 2.48 bits per heavy atom. The number of aromatic nitrogens is 3. The number of furan rings is 1. The van der Waals surface area contributed by atoms with Gasteiger partial charge in [0.05, 0.1) is 12.8 Å². The first-order valence-electron chi connectivity index (χ1n) is 7.24. The van der Waals surface area contributed by atoms with E-state index < -0.39 is 0 Å². The van der Waals surface area contributed by atoms with Crippen molar-refractivity contribution in [3.8, 4) is 16.6 Å². The minimum atomic E-state index is -0.107. The number of hydrogen-bond donors (Lipinski definition) is 1. The predicted octanol–water partition coefficient (Wildman–Crippen LogP) is 2.42. The summed E-state index contributed by atoms with van der Waals surface area (Å²) >= 11 is 1.45. The zero-order valence-corrected chi connectivity index (χ0v) is 13.0. The summed E-state index contributed by atoms with van der Waals surface area (Å²) < 4.78 is 11.1. The largest absolute Gasteiger partial charge is 0.465 e. The smallest absolute Gasteiger partial charge is 0.274 e. The zero-order chi connectivity index (χ0) is 15.6. The molecule has 0 spiro atoms. The second-order valence-corrected chi connectivity index (χ2v) is 6.08. The van der Waals surface area contributed by atoms with Crippen LogP contribution in [0, 0.1) is 0 Å². The van der Waals surface area contributed by atoms with Crippen LogP contribution in [0.5, 0.6) is 5.19 Å². The molecular weight excluding hydrogens is 316 g/mol. The van der Waals surface area contributed by atoms with Crippen LogP contribution in [0.1, 0.15) is 16.9 Å². The Labute approximate surface area is 135 Å². The highest BCUT2D eigenvalue weighted by Gasteiger charge is 2.30. The van der Waals surface area contributed by atoms with Crippen molar-refractivity contribution in [2.45, 2.75) is 12.5 Å². The molecule has 1 amide bonds. The van der Waals surface area contributed by atoms with Crippen LogP contribution in [0.3, 0.4) is 0 Å². The van der Waals surface area contributed by atoms with Crippen molar-refractivity contribution in [3.63, 3.8) is 0 Å². The van der Waals surface area contributed by atoms with Crippen molar-refractivity contribution in [1.29, 1.82) is 0 Å². The summed E-state index contributed by atoms with van der Waals surface area (Å²) in [6, 6.07) is 5.31. The summed E-state index contributed by atoms with van der Waals surface area (Å²) in [7, 11) is 0. The number of aromatic amines is 1. The van der Waals surface area contributed by atoms with Gasteiger partial charge in [-0.15, -0.1) is 0 Å². The molecule has 1 aliphatic heterocycles. The lowest BCUT2D eigenvalue weighted by Gasteiger charge is -2.14. The van der Waals surface area contributed by atoms with Gasteiger partial charge in [0.25, 0.3) is 11.1 Å². The van der Waals surface area contributed by atoms with Crippen molar-refractivity contribution in [3.05, 3.63) is 41.7 Å². The quantitative estimate of drug-likeness (QED) is 0.794. The van der Waals surface area contributed by atoms with Crippen LogP contribution in [0.2, 0.25) is 0 Å². The SMILES string of the molecule is O=C(c1cc(-c2ccco2)[nH]n1)N1CCC(Oc2nccs2)C1. The molecule has 8 heteroatoms. The number of H-pyrrole nitrogens is 1. The van der Waals surface area contributed by atoms with E-state index in [4.69, 9.17) is 9.15 Å². The molecule has 23 heavy (non-hydrogen) atoms. The summed E-state index contributed by atoms with van der Waals surface area (Å²) in [5.74, 6) is 0.548. The molecule has 4 rings (SSSR count). The lowest BCUT2D eigenvalue weighted by Crippen LogP contribution is -2.31. The molecule has 0 aromatic carbocycles. The highest BCUT2D eigenvalue weighted by molar-refractivity contribution is 7.11. The average Bonchev–Trinajstić information content (AvgIpc) is 3.33. The van der Waals surface area contributed by atoms with Crippen LogP contribution < -0.4 is 4.74 Å². The lowest BCUT2D eigenvalue weighted by molar-refractivity contribution is 0.0766. The number of likely N-dealkylation sites (tertiary alicyclic amines) is 1. The van der Waals surface area contributed by atoms with E-state index in [-0.39, 0.29) is 12.0 Å². The normalized spacial score (nSPS) is 17.6. The van der Waals surface area contributed by atoms with E-state index in [1.807, 2.05) is 11.4 Å². The Morgan fingerprint density at radius 1 is 1.52 bits per heavy atom.